The van der Waals surface area contributed by atoms with Crippen LogP contribution >= 0.6 is 34.3 Å². The first kappa shape index (κ1) is 17.9. The number of pyridine rings is 1. The predicted octanol–water partition coefficient (Wildman–Crippen LogP) is 5.65. The predicted molar refractivity (Wildman–Crippen MR) is 113 cm³/mol. The van der Waals surface area contributed by atoms with E-state index in [2.05, 4.69) is 9.97 Å². The lowest BCUT2D eigenvalue weighted by molar-refractivity contribution is -0.114. The molecule has 4 nitrogen and oxygen atoms in total. The lowest BCUT2D eigenvalue weighted by atomic mass is 10.3. The Morgan fingerprint density at radius 3 is 2.81 bits per heavy atom. The second kappa shape index (κ2) is 8.00. The van der Waals surface area contributed by atoms with E-state index in [1.54, 1.807) is 34.6 Å². The quantitative estimate of drug-likeness (QED) is 0.398. The molecule has 0 N–H and O–H groups in total. The van der Waals surface area contributed by atoms with Gasteiger partial charge in [0.2, 0.25) is 0 Å². The molecule has 7 heteroatoms. The molecule has 0 saturated carbocycles. The fraction of sp³-hybridized carbons (Fsp3) is 0.0500. The Kier molecular flexibility index (Phi) is 5.29. The van der Waals surface area contributed by atoms with E-state index in [1.807, 2.05) is 53.9 Å². The van der Waals surface area contributed by atoms with Gasteiger partial charge in [0.25, 0.3) is 5.91 Å². The average Bonchev–Trinajstić information content (AvgIpc) is 3.35. The first-order chi connectivity index (χ1) is 13.2. The summed E-state index contributed by atoms with van der Waals surface area (Å²) in [6.45, 7) is 0.339. The monoisotopic (exact) mass is 411 g/mol. The Balaban J connectivity index is 1.70. The zero-order valence-electron chi connectivity index (χ0n) is 14.1. The van der Waals surface area contributed by atoms with E-state index < -0.39 is 0 Å². The third-order valence-electron chi connectivity index (χ3n) is 3.84. The number of carbonyl (C=O) groups is 1. The number of rotatable bonds is 5. The minimum absolute atomic E-state index is 0.149. The van der Waals surface area contributed by atoms with Crippen LogP contribution in [-0.4, -0.2) is 15.9 Å². The number of benzene rings is 1. The number of fused-ring (bicyclic) bond motifs is 1. The maximum Gasteiger partial charge on any atom is 0.253 e. The number of carbonyl (C=O) groups excluding carboxylic acids is 1. The van der Waals surface area contributed by atoms with Crippen LogP contribution in [0.2, 0.25) is 5.02 Å². The summed E-state index contributed by atoms with van der Waals surface area (Å²) in [6, 6.07) is 15.2. The number of anilines is 1. The summed E-state index contributed by atoms with van der Waals surface area (Å²) >= 11 is 9.28. The van der Waals surface area contributed by atoms with E-state index in [0.29, 0.717) is 22.2 Å². The number of hydrogen-bond donors (Lipinski definition) is 0. The van der Waals surface area contributed by atoms with Crippen molar-refractivity contribution in [3.63, 3.8) is 0 Å². The van der Waals surface area contributed by atoms with Crippen molar-refractivity contribution >= 4 is 61.6 Å². The molecule has 0 aliphatic rings. The van der Waals surface area contributed by atoms with E-state index in [0.717, 1.165) is 15.3 Å². The van der Waals surface area contributed by atoms with Gasteiger partial charge < -0.3 is 0 Å². The van der Waals surface area contributed by atoms with Gasteiger partial charge in [-0.3, -0.25) is 14.7 Å². The normalized spacial score (nSPS) is 11.3. The summed E-state index contributed by atoms with van der Waals surface area (Å²) in [5.74, 6) is -0.149. The van der Waals surface area contributed by atoms with Crippen LogP contribution in [0, 0.1) is 0 Å². The minimum atomic E-state index is -0.149. The van der Waals surface area contributed by atoms with Crippen LogP contribution in [-0.2, 0) is 11.3 Å². The Bertz CT molecular complexity index is 1090. The van der Waals surface area contributed by atoms with Crippen LogP contribution in [0.1, 0.15) is 10.6 Å². The Morgan fingerprint density at radius 1 is 1.15 bits per heavy atom. The Morgan fingerprint density at radius 2 is 2.07 bits per heavy atom. The van der Waals surface area contributed by atoms with Crippen molar-refractivity contribution in [2.45, 2.75) is 6.54 Å². The van der Waals surface area contributed by atoms with Crippen LogP contribution in [0.5, 0.6) is 0 Å². The summed E-state index contributed by atoms with van der Waals surface area (Å²) in [5.41, 5.74) is 1.50. The van der Waals surface area contributed by atoms with E-state index in [1.165, 1.54) is 11.3 Å². The molecule has 4 rings (SSSR count). The second-order valence-electron chi connectivity index (χ2n) is 5.68. The average molecular weight is 412 g/mol. The summed E-state index contributed by atoms with van der Waals surface area (Å²) in [5, 5.41) is 3.16. The molecule has 0 aliphatic carbocycles. The van der Waals surface area contributed by atoms with Gasteiger partial charge in [-0.15, -0.1) is 11.3 Å². The highest BCUT2D eigenvalue weighted by atomic mass is 35.5. The van der Waals surface area contributed by atoms with Crippen LogP contribution in [0.25, 0.3) is 16.3 Å². The van der Waals surface area contributed by atoms with Gasteiger partial charge in [0, 0.05) is 17.2 Å². The van der Waals surface area contributed by atoms with Crippen molar-refractivity contribution in [2.75, 3.05) is 4.90 Å². The fourth-order valence-electron chi connectivity index (χ4n) is 2.54. The number of nitrogens with zero attached hydrogens (tertiary/aromatic N) is 3. The molecule has 0 atom stereocenters. The third-order valence-corrected chi connectivity index (χ3v) is 6.02. The fourth-order valence-corrected chi connectivity index (χ4v) is 4.43. The molecule has 0 bridgehead atoms. The first-order valence-electron chi connectivity index (χ1n) is 8.19. The van der Waals surface area contributed by atoms with Crippen LogP contribution in [0.4, 0.5) is 5.13 Å². The van der Waals surface area contributed by atoms with Crippen LogP contribution in [0.15, 0.2) is 66.2 Å². The largest absolute Gasteiger partial charge is 0.278 e. The molecular formula is C20H14ClN3OS2. The number of amides is 1. The summed E-state index contributed by atoms with van der Waals surface area (Å²) in [4.78, 5) is 24.6. The molecule has 3 aromatic heterocycles. The molecule has 0 aliphatic heterocycles. The van der Waals surface area contributed by atoms with E-state index >= 15 is 0 Å². The van der Waals surface area contributed by atoms with Crippen molar-refractivity contribution in [2.24, 2.45) is 0 Å². The topological polar surface area (TPSA) is 46.1 Å². The number of para-hydroxylation sites is 1. The highest BCUT2D eigenvalue weighted by Crippen LogP contribution is 2.33. The molecule has 0 unspecified atom stereocenters. The number of thiazole rings is 1. The summed E-state index contributed by atoms with van der Waals surface area (Å²) < 4.78 is 0.943. The Hall–Kier alpha value is -2.54. The van der Waals surface area contributed by atoms with Crippen LogP contribution in [0.3, 0.4) is 0 Å². The van der Waals surface area contributed by atoms with Crippen molar-refractivity contribution in [3.05, 3.63) is 81.8 Å². The summed E-state index contributed by atoms with van der Waals surface area (Å²) in [6.07, 6.45) is 5.11. The number of thiophene rings is 1. The molecule has 0 saturated heterocycles. The third kappa shape index (κ3) is 4.08. The minimum Gasteiger partial charge on any atom is -0.278 e. The van der Waals surface area contributed by atoms with Crippen LogP contribution < -0.4 is 4.90 Å². The zero-order chi connectivity index (χ0) is 18.6. The molecular weight excluding hydrogens is 398 g/mol. The van der Waals surface area contributed by atoms with E-state index in [9.17, 15) is 4.79 Å². The molecule has 134 valence electrons. The molecule has 1 amide bonds. The molecule has 0 fully saturated rings. The maximum atomic E-state index is 13.0. The molecule has 3 heterocycles. The molecule has 27 heavy (non-hydrogen) atoms. The highest BCUT2D eigenvalue weighted by Gasteiger charge is 2.19. The van der Waals surface area contributed by atoms with Crippen molar-refractivity contribution in [1.29, 1.82) is 0 Å². The first-order valence-corrected chi connectivity index (χ1v) is 10.3. The molecule has 0 spiro atoms. The smallest absolute Gasteiger partial charge is 0.253 e. The van der Waals surface area contributed by atoms with Crippen molar-refractivity contribution < 1.29 is 4.79 Å². The SMILES string of the molecule is O=C(/C=C/c1cccs1)N(Cc1ccccn1)c1nc2c(Cl)cccc2s1. The van der Waals surface area contributed by atoms with Crippen molar-refractivity contribution in [3.8, 4) is 0 Å². The van der Waals surface area contributed by atoms with Gasteiger partial charge in [-0.1, -0.05) is 41.1 Å². The number of halogens is 1. The van der Waals surface area contributed by atoms with Crippen molar-refractivity contribution in [1.82, 2.24) is 9.97 Å². The molecule has 0 radical (unpaired) electrons. The molecule has 1 aromatic carbocycles. The van der Waals surface area contributed by atoms with Gasteiger partial charge in [-0.05, 0) is 41.8 Å². The van der Waals surface area contributed by atoms with Gasteiger partial charge >= 0.3 is 0 Å². The standard InChI is InChI=1S/C20H14ClN3OS2/c21-16-7-3-8-17-19(16)23-20(27-17)24(13-14-5-1-2-11-22-14)18(25)10-9-15-6-4-12-26-15/h1-12H,13H2/b10-9+. The number of hydrogen-bond acceptors (Lipinski definition) is 5. The van der Waals surface area contributed by atoms with Gasteiger partial charge in [0.05, 0.1) is 22.0 Å². The van der Waals surface area contributed by atoms with E-state index in [-0.39, 0.29) is 5.91 Å². The van der Waals surface area contributed by atoms with Gasteiger partial charge in [0.15, 0.2) is 5.13 Å². The van der Waals surface area contributed by atoms with E-state index in [4.69, 9.17) is 11.6 Å². The zero-order valence-corrected chi connectivity index (χ0v) is 16.5. The number of aromatic nitrogens is 2. The van der Waals surface area contributed by atoms with Gasteiger partial charge in [0.1, 0.15) is 5.52 Å². The maximum absolute atomic E-state index is 13.0. The second-order valence-corrected chi connectivity index (χ2v) is 8.07. The molecule has 4 aromatic rings. The van der Waals surface area contributed by atoms with Gasteiger partial charge in [-0.25, -0.2) is 4.98 Å². The highest BCUT2D eigenvalue weighted by molar-refractivity contribution is 7.22. The lowest BCUT2D eigenvalue weighted by Gasteiger charge is -2.17. The Labute approximate surface area is 169 Å². The van der Waals surface area contributed by atoms with Gasteiger partial charge in [-0.2, -0.15) is 0 Å². The summed E-state index contributed by atoms with van der Waals surface area (Å²) in [7, 11) is 0. The lowest BCUT2D eigenvalue weighted by Crippen LogP contribution is -2.29.